The molecule has 23 heavy (non-hydrogen) atoms. The van der Waals surface area contributed by atoms with Crippen molar-refractivity contribution in [3.63, 3.8) is 0 Å². The number of nitrogens with zero attached hydrogens (tertiary/aromatic N) is 5. The topological polar surface area (TPSA) is 62.2 Å². The molecule has 1 unspecified atom stereocenters. The van der Waals surface area contributed by atoms with E-state index < -0.39 is 0 Å². The molecule has 2 aromatic heterocycles. The van der Waals surface area contributed by atoms with Crippen LogP contribution in [0.25, 0.3) is 0 Å². The third-order valence-electron chi connectivity index (χ3n) is 4.74. The maximum Gasteiger partial charge on any atom is 0.223 e. The summed E-state index contributed by atoms with van der Waals surface area (Å²) in [5, 5.41) is 3.10. The average Bonchev–Trinajstić information content (AvgIpc) is 3.22. The van der Waals surface area contributed by atoms with Crippen molar-refractivity contribution in [1.82, 2.24) is 19.9 Å². The van der Waals surface area contributed by atoms with E-state index in [0.717, 1.165) is 42.6 Å². The van der Waals surface area contributed by atoms with Crippen LogP contribution in [0.15, 0.2) is 24.0 Å². The van der Waals surface area contributed by atoms with E-state index in [2.05, 4.69) is 19.9 Å². The highest BCUT2D eigenvalue weighted by atomic mass is 32.1. The van der Waals surface area contributed by atoms with Gasteiger partial charge in [0.15, 0.2) is 0 Å². The number of carbonyl (C=O) groups is 1. The molecule has 0 saturated carbocycles. The first-order valence-corrected chi connectivity index (χ1v) is 8.71. The Morgan fingerprint density at radius 3 is 3.00 bits per heavy atom. The summed E-state index contributed by atoms with van der Waals surface area (Å²) in [4.78, 5) is 29.7. The minimum atomic E-state index is 0.0552. The van der Waals surface area contributed by atoms with Crippen LogP contribution in [-0.4, -0.2) is 45.4 Å². The predicted molar refractivity (Wildman–Crippen MR) is 88.2 cm³/mol. The lowest BCUT2D eigenvalue weighted by Gasteiger charge is -2.24. The van der Waals surface area contributed by atoms with Crippen LogP contribution in [0.3, 0.4) is 0 Å². The Labute approximate surface area is 139 Å². The zero-order valence-electron chi connectivity index (χ0n) is 13.1. The Kier molecular flexibility index (Phi) is 3.52. The molecule has 7 heteroatoms. The van der Waals surface area contributed by atoms with Crippen LogP contribution in [0.5, 0.6) is 0 Å². The summed E-state index contributed by atoms with van der Waals surface area (Å²) >= 11 is 1.64. The largest absolute Gasteiger partial charge is 0.355 e. The summed E-state index contributed by atoms with van der Waals surface area (Å²) < 4.78 is 0. The molecule has 4 heterocycles. The normalized spacial score (nSPS) is 24.1. The van der Waals surface area contributed by atoms with Crippen molar-refractivity contribution < 1.29 is 4.79 Å². The first kappa shape index (κ1) is 14.6. The van der Waals surface area contributed by atoms with Gasteiger partial charge in [-0.3, -0.25) is 9.78 Å². The molecule has 0 aliphatic carbocycles. The highest BCUT2D eigenvalue weighted by Gasteiger charge is 2.47. The summed E-state index contributed by atoms with van der Waals surface area (Å²) in [6, 6.07) is 0. The molecule has 2 fully saturated rings. The smallest absolute Gasteiger partial charge is 0.223 e. The summed E-state index contributed by atoms with van der Waals surface area (Å²) in [5.74, 6) is 1.15. The number of thiazole rings is 1. The summed E-state index contributed by atoms with van der Waals surface area (Å²) in [7, 11) is 0. The fraction of sp³-hybridized carbons (Fsp3) is 0.500. The number of hydrogen-bond donors (Lipinski definition) is 0. The molecule has 0 radical (unpaired) electrons. The monoisotopic (exact) mass is 329 g/mol. The second kappa shape index (κ2) is 5.56. The third-order valence-corrected chi connectivity index (χ3v) is 5.56. The molecule has 2 saturated heterocycles. The lowest BCUT2D eigenvalue weighted by atomic mass is 9.86. The Morgan fingerprint density at radius 2 is 2.26 bits per heavy atom. The molecule has 4 rings (SSSR count). The van der Waals surface area contributed by atoms with Gasteiger partial charge in [0, 0.05) is 49.2 Å². The van der Waals surface area contributed by atoms with Gasteiger partial charge < -0.3 is 9.80 Å². The third kappa shape index (κ3) is 2.81. The molecule has 0 N–H and O–H groups in total. The zero-order chi connectivity index (χ0) is 15.9. The van der Waals surface area contributed by atoms with Gasteiger partial charge in [-0.05, 0) is 13.3 Å². The Hall–Kier alpha value is -2.02. The molecular formula is C16H19N5OS. The van der Waals surface area contributed by atoms with E-state index in [0.29, 0.717) is 13.0 Å². The van der Waals surface area contributed by atoms with Gasteiger partial charge in [-0.1, -0.05) is 0 Å². The van der Waals surface area contributed by atoms with Crippen molar-refractivity contribution in [2.75, 3.05) is 24.5 Å². The van der Waals surface area contributed by atoms with Crippen molar-refractivity contribution in [3.8, 4) is 0 Å². The summed E-state index contributed by atoms with van der Waals surface area (Å²) in [6.07, 6.45) is 6.86. The van der Waals surface area contributed by atoms with E-state index in [9.17, 15) is 4.79 Å². The number of likely N-dealkylation sites (tertiary alicyclic amines) is 1. The highest BCUT2D eigenvalue weighted by Crippen LogP contribution is 2.41. The van der Waals surface area contributed by atoms with Crippen LogP contribution in [0.4, 0.5) is 5.82 Å². The molecule has 1 atom stereocenters. The molecule has 2 aliphatic rings. The van der Waals surface area contributed by atoms with Gasteiger partial charge in [0.05, 0.1) is 23.4 Å². The minimum Gasteiger partial charge on any atom is -0.355 e. The SMILES string of the molecule is Cc1nc(CN2CC3(CCN(c4cnccn4)C3)CC2=O)cs1. The van der Waals surface area contributed by atoms with E-state index >= 15 is 0 Å². The maximum atomic E-state index is 12.4. The van der Waals surface area contributed by atoms with Gasteiger partial charge in [0.1, 0.15) is 5.82 Å². The van der Waals surface area contributed by atoms with Crippen molar-refractivity contribution in [2.24, 2.45) is 5.41 Å². The van der Waals surface area contributed by atoms with Gasteiger partial charge in [-0.2, -0.15) is 0 Å². The molecule has 2 aliphatic heterocycles. The molecule has 0 aromatic carbocycles. The molecular weight excluding hydrogens is 310 g/mol. The number of aromatic nitrogens is 3. The Morgan fingerprint density at radius 1 is 1.35 bits per heavy atom. The Balaban J connectivity index is 1.46. The highest BCUT2D eigenvalue weighted by molar-refractivity contribution is 7.09. The summed E-state index contributed by atoms with van der Waals surface area (Å²) in [5.41, 5.74) is 1.06. The van der Waals surface area contributed by atoms with E-state index in [4.69, 9.17) is 0 Å². The molecule has 0 bridgehead atoms. The van der Waals surface area contributed by atoms with Crippen LogP contribution in [-0.2, 0) is 11.3 Å². The van der Waals surface area contributed by atoms with E-state index in [1.165, 1.54) is 0 Å². The van der Waals surface area contributed by atoms with Crippen LogP contribution in [0.2, 0.25) is 0 Å². The molecule has 120 valence electrons. The molecule has 2 aromatic rings. The van der Waals surface area contributed by atoms with Gasteiger partial charge in [-0.25, -0.2) is 9.97 Å². The van der Waals surface area contributed by atoms with Crippen LogP contribution in [0.1, 0.15) is 23.5 Å². The number of amides is 1. The minimum absolute atomic E-state index is 0.0552. The zero-order valence-corrected chi connectivity index (χ0v) is 13.9. The van der Waals surface area contributed by atoms with Gasteiger partial charge in [0.25, 0.3) is 0 Å². The predicted octanol–water partition coefficient (Wildman–Crippen LogP) is 1.87. The molecule has 6 nitrogen and oxygen atoms in total. The number of aryl methyl sites for hydroxylation is 1. The van der Waals surface area contributed by atoms with E-state index in [1.807, 2.05) is 17.2 Å². The van der Waals surface area contributed by atoms with Crippen LogP contribution >= 0.6 is 11.3 Å². The lowest BCUT2D eigenvalue weighted by molar-refractivity contribution is -0.128. The van der Waals surface area contributed by atoms with Gasteiger partial charge >= 0.3 is 0 Å². The molecule has 1 amide bonds. The van der Waals surface area contributed by atoms with Crippen molar-refractivity contribution in [3.05, 3.63) is 34.7 Å². The standard InChI is InChI=1S/C16H19N5OS/c1-12-19-13(9-23-12)8-21-11-16(6-15(21)22)2-5-20(10-16)14-7-17-3-4-18-14/h3-4,7,9H,2,5-6,8,10-11H2,1H3. The first-order valence-electron chi connectivity index (χ1n) is 7.83. The first-order chi connectivity index (χ1) is 11.1. The second-order valence-corrected chi connectivity index (χ2v) is 7.58. The summed E-state index contributed by atoms with van der Waals surface area (Å²) in [6.45, 7) is 5.27. The second-order valence-electron chi connectivity index (χ2n) is 6.52. The molecule has 1 spiro atoms. The van der Waals surface area contributed by atoms with Gasteiger partial charge in [-0.15, -0.1) is 11.3 Å². The van der Waals surface area contributed by atoms with E-state index in [-0.39, 0.29) is 11.3 Å². The maximum absolute atomic E-state index is 12.4. The number of anilines is 1. The lowest BCUT2D eigenvalue weighted by Crippen LogP contribution is -2.31. The van der Waals surface area contributed by atoms with Crippen molar-refractivity contribution in [2.45, 2.75) is 26.3 Å². The van der Waals surface area contributed by atoms with Crippen LogP contribution < -0.4 is 4.90 Å². The number of carbonyl (C=O) groups excluding carboxylic acids is 1. The van der Waals surface area contributed by atoms with Crippen molar-refractivity contribution >= 4 is 23.1 Å². The average molecular weight is 329 g/mol. The van der Waals surface area contributed by atoms with Gasteiger partial charge in [0.2, 0.25) is 5.91 Å². The number of hydrogen-bond acceptors (Lipinski definition) is 6. The number of rotatable bonds is 3. The Bertz CT molecular complexity index is 718. The fourth-order valence-corrected chi connectivity index (χ4v) is 4.26. The van der Waals surface area contributed by atoms with E-state index in [1.54, 1.807) is 29.9 Å². The quantitative estimate of drug-likeness (QED) is 0.860. The van der Waals surface area contributed by atoms with Crippen LogP contribution in [0, 0.1) is 12.3 Å². The fourth-order valence-electron chi connectivity index (χ4n) is 3.66. The van der Waals surface area contributed by atoms with Crippen molar-refractivity contribution in [1.29, 1.82) is 0 Å².